The SMILES string of the molecule is C[C@@H]1CN([C@H](c2ccc(I)cc2)c2cccc(O[Si](C)(C)C(C)(C)C)c2)[C@@H](C)CN1Cc1ccccc1. The summed E-state index contributed by atoms with van der Waals surface area (Å²) >= 11 is 2.40. The zero-order valence-corrected chi connectivity index (χ0v) is 26.7. The Morgan fingerprint density at radius 2 is 1.54 bits per heavy atom. The number of halogens is 1. The van der Waals surface area contributed by atoms with Gasteiger partial charge in [0.25, 0.3) is 0 Å². The second kappa shape index (κ2) is 11.6. The van der Waals surface area contributed by atoms with Crippen LogP contribution in [-0.2, 0) is 6.54 Å². The molecular formula is C32H43IN2OSi. The first-order valence-corrected chi connectivity index (χ1v) is 17.5. The van der Waals surface area contributed by atoms with Gasteiger partial charge < -0.3 is 4.43 Å². The first-order valence-electron chi connectivity index (χ1n) is 13.5. The lowest BCUT2D eigenvalue weighted by Crippen LogP contribution is -2.56. The van der Waals surface area contributed by atoms with Crippen LogP contribution in [-0.4, -0.2) is 43.3 Å². The summed E-state index contributed by atoms with van der Waals surface area (Å²) < 4.78 is 8.01. The van der Waals surface area contributed by atoms with Crippen LogP contribution in [0, 0.1) is 3.57 Å². The normalized spacial score (nSPS) is 20.5. The number of hydrogen-bond donors (Lipinski definition) is 0. The minimum Gasteiger partial charge on any atom is -0.543 e. The van der Waals surface area contributed by atoms with E-state index in [4.69, 9.17) is 4.43 Å². The Morgan fingerprint density at radius 1 is 0.865 bits per heavy atom. The van der Waals surface area contributed by atoms with Gasteiger partial charge in [0.2, 0.25) is 8.32 Å². The molecule has 0 radical (unpaired) electrons. The van der Waals surface area contributed by atoms with Crippen LogP contribution in [0.5, 0.6) is 5.75 Å². The lowest BCUT2D eigenvalue weighted by Gasteiger charge is -2.48. The second-order valence-corrected chi connectivity index (χ2v) is 18.2. The lowest BCUT2D eigenvalue weighted by atomic mass is 9.93. The van der Waals surface area contributed by atoms with E-state index in [0.717, 1.165) is 25.4 Å². The van der Waals surface area contributed by atoms with Crippen LogP contribution in [0.15, 0.2) is 78.9 Å². The van der Waals surface area contributed by atoms with Crippen molar-refractivity contribution in [1.29, 1.82) is 0 Å². The number of benzene rings is 3. The van der Waals surface area contributed by atoms with E-state index in [1.165, 1.54) is 20.3 Å². The Labute approximate surface area is 239 Å². The second-order valence-electron chi connectivity index (χ2n) is 12.2. The van der Waals surface area contributed by atoms with Crippen LogP contribution < -0.4 is 4.43 Å². The molecule has 0 bridgehead atoms. The van der Waals surface area contributed by atoms with E-state index >= 15 is 0 Å². The molecule has 1 saturated heterocycles. The summed E-state index contributed by atoms with van der Waals surface area (Å²) in [4.78, 5) is 5.35. The third kappa shape index (κ3) is 6.86. The summed E-state index contributed by atoms with van der Waals surface area (Å²) in [6.45, 7) is 19.4. The molecule has 3 nitrogen and oxygen atoms in total. The van der Waals surface area contributed by atoms with Crippen LogP contribution >= 0.6 is 22.6 Å². The van der Waals surface area contributed by atoms with Gasteiger partial charge in [-0.3, -0.25) is 9.80 Å². The molecule has 0 N–H and O–H groups in total. The summed E-state index contributed by atoms with van der Waals surface area (Å²) in [6.07, 6.45) is 0. The number of rotatable bonds is 7. The fourth-order valence-electron chi connectivity index (χ4n) is 5.04. The zero-order chi connectivity index (χ0) is 26.8. The number of piperazine rings is 1. The van der Waals surface area contributed by atoms with Gasteiger partial charge in [-0.05, 0) is 95.5 Å². The van der Waals surface area contributed by atoms with E-state index in [9.17, 15) is 0 Å². The molecule has 198 valence electrons. The Morgan fingerprint density at radius 3 is 2.19 bits per heavy atom. The molecule has 0 aromatic heterocycles. The van der Waals surface area contributed by atoms with Gasteiger partial charge in [-0.15, -0.1) is 0 Å². The van der Waals surface area contributed by atoms with Crippen molar-refractivity contribution in [2.75, 3.05) is 13.1 Å². The van der Waals surface area contributed by atoms with Gasteiger partial charge in [0.15, 0.2) is 0 Å². The highest BCUT2D eigenvalue weighted by Crippen LogP contribution is 2.39. The van der Waals surface area contributed by atoms with Crippen molar-refractivity contribution in [3.8, 4) is 5.75 Å². The van der Waals surface area contributed by atoms with E-state index in [2.05, 4.69) is 159 Å². The summed E-state index contributed by atoms with van der Waals surface area (Å²) in [5.74, 6) is 1.00. The quantitative estimate of drug-likeness (QED) is 0.194. The summed E-state index contributed by atoms with van der Waals surface area (Å²) in [7, 11) is -1.92. The molecule has 3 aromatic rings. The molecule has 3 atom stereocenters. The molecule has 0 saturated carbocycles. The maximum absolute atomic E-state index is 6.74. The van der Waals surface area contributed by atoms with Gasteiger partial charge >= 0.3 is 0 Å². The maximum Gasteiger partial charge on any atom is 0.250 e. The Balaban J connectivity index is 1.64. The Hall–Kier alpha value is -1.67. The van der Waals surface area contributed by atoms with E-state index in [1.807, 2.05) is 0 Å². The van der Waals surface area contributed by atoms with Crippen molar-refractivity contribution < 1.29 is 4.43 Å². The fourth-order valence-corrected chi connectivity index (χ4v) is 6.42. The largest absolute Gasteiger partial charge is 0.543 e. The molecule has 0 spiro atoms. The van der Waals surface area contributed by atoms with E-state index in [1.54, 1.807) is 0 Å². The first kappa shape index (κ1) is 28.3. The summed E-state index contributed by atoms with van der Waals surface area (Å²) in [5.41, 5.74) is 4.05. The van der Waals surface area contributed by atoms with Gasteiger partial charge in [-0.1, -0.05) is 75.4 Å². The van der Waals surface area contributed by atoms with E-state index < -0.39 is 8.32 Å². The number of nitrogens with zero attached hydrogens (tertiary/aromatic N) is 2. The molecule has 3 aromatic carbocycles. The predicted molar refractivity (Wildman–Crippen MR) is 168 cm³/mol. The molecule has 0 amide bonds. The molecule has 1 aliphatic heterocycles. The standard InChI is InChI=1S/C32H43IN2OSi/c1-24-22-35(25(2)21-34(24)23-26-12-9-8-10-13-26)31(27-16-18-29(33)19-17-27)28-14-11-15-30(20-28)36-37(6,7)32(3,4)5/h8-20,24-25,31H,21-23H2,1-7H3/t24-,25+,31-/m1/s1. The molecular weight excluding hydrogens is 583 g/mol. The monoisotopic (exact) mass is 626 g/mol. The van der Waals surface area contributed by atoms with Crippen LogP contribution in [0.4, 0.5) is 0 Å². The molecule has 37 heavy (non-hydrogen) atoms. The Bertz CT molecular complexity index is 1160. The van der Waals surface area contributed by atoms with Crippen LogP contribution in [0.1, 0.15) is 57.4 Å². The van der Waals surface area contributed by atoms with Gasteiger partial charge in [-0.2, -0.15) is 0 Å². The molecule has 1 fully saturated rings. The van der Waals surface area contributed by atoms with Gasteiger partial charge in [-0.25, -0.2) is 0 Å². The molecule has 1 heterocycles. The highest BCUT2D eigenvalue weighted by atomic mass is 127. The average molecular weight is 627 g/mol. The van der Waals surface area contributed by atoms with Crippen molar-refractivity contribution in [2.24, 2.45) is 0 Å². The lowest BCUT2D eigenvalue weighted by molar-refractivity contribution is 0.0195. The summed E-state index contributed by atoms with van der Waals surface area (Å²) in [5, 5.41) is 0.164. The summed E-state index contributed by atoms with van der Waals surface area (Å²) in [6, 6.07) is 29.9. The van der Waals surface area contributed by atoms with E-state index in [0.29, 0.717) is 12.1 Å². The average Bonchev–Trinajstić information content (AvgIpc) is 2.83. The minimum absolute atomic E-state index is 0.164. The van der Waals surface area contributed by atoms with Crippen LogP contribution in [0.3, 0.4) is 0 Å². The highest BCUT2D eigenvalue weighted by molar-refractivity contribution is 14.1. The van der Waals surface area contributed by atoms with Gasteiger partial charge in [0.1, 0.15) is 5.75 Å². The predicted octanol–water partition coefficient (Wildman–Crippen LogP) is 8.36. The number of hydrogen-bond acceptors (Lipinski definition) is 3. The molecule has 0 aliphatic carbocycles. The topological polar surface area (TPSA) is 15.7 Å². The van der Waals surface area contributed by atoms with Crippen molar-refractivity contribution in [2.45, 2.75) is 77.4 Å². The third-order valence-electron chi connectivity index (χ3n) is 8.26. The van der Waals surface area contributed by atoms with Crippen molar-refractivity contribution >= 4 is 30.9 Å². The van der Waals surface area contributed by atoms with Crippen molar-refractivity contribution in [3.63, 3.8) is 0 Å². The first-order chi connectivity index (χ1) is 17.4. The molecule has 0 unspecified atom stereocenters. The van der Waals surface area contributed by atoms with E-state index in [-0.39, 0.29) is 11.1 Å². The molecule has 5 heteroatoms. The minimum atomic E-state index is -1.92. The van der Waals surface area contributed by atoms with Crippen molar-refractivity contribution in [1.82, 2.24) is 9.80 Å². The maximum atomic E-state index is 6.74. The van der Waals surface area contributed by atoms with Crippen molar-refractivity contribution in [3.05, 3.63) is 99.1 Å². The third-order valence-corrected chi connectivity index (χ3v) is 13.3. The van der Waals surface area contributed by atoms with Crippen LogP contribution in [0.25, 0.3) is 0 Å². The van der Waals surface area contributed by atoms with Gasteiger partial charge in [0, 0.05) is 35.3 Å². The van der Waals surface area contributed by atoms with Crippen LogP contribution in [0.2, 0.25) is 18.1 Å². The smallest absolute Gasteiger partial charge is 0.250 e. The Kier molecular flexibility index (Phi) is 8.89. The molecule has 4 rings (SSSR count). The fraction of sp³-hybridized carbons (Fsp3) is 0.438. The zero-order valence-electron chi connectivity index (χ0n) is 23.5. The van der Waals surface area contributed by atoms with Gasteiger partial charge in [0.05, 0.1) is 6.04 Å². The highest BCUT2D eigenvalue weighted by Gasteiger charge is 2.39. The molecule has 1 aliphatic rings.